The van der Waals surface area contributed by atoms with E-state index < -0.39 is 11.6 Å². The van der Waals surface area contributed by atoms with E-state index in [9.17, 15) is 14.7 Å². The largest absolute Gasteiger partial charge is 0.477 e. The van der Waals surface area contributed by atoms with Crippen LogP contribution in [0.3, 0.4) is 0 Å². The van der Waals surface area contributed by atoms with Crippen molar-refractivity contribution in [3.8, 4) is 11.8 Å². The van der Waals surface area contributed by atoms with E-state index in [1.54, 1.807) is 34.2 Å². The Morgan fingerprint density at radius 3 is 2.45 bits per heavy atom. The van der Waals surface area contributed by atoms with Crippen LogP contribution in [0.1, 0.15) is 99.7 Å². The van der Waals surface area contributed by atoms with Crippen LogP contribution in [0, 0.1) is 29.1 Å². The van der Waals surface area contributed by atoms with Gasteiger partial charge in [-0.1, -0.05) is 29.2 Å². The first-order chi connectivity index (χ1) is 19.1. The number of carboxylic acid groups (broad SMARTS) is 1. The number of anilines is 1. The van der Waals surface area contributed by atoms with Crippen molar-refractivity contribution in [2.24, 2.45) is 17.3 Å². The van der Waals surface area contributed by atoms with Gasteiger partial charge in [-0.25, -0.2) is 14.2 Å². The average Bonchev–Trinajstić information content (AvgIpc) is 3.70. The molecule has 212 valence electrons. The van der Waals surface area contributed by atoms with Crippen molar-refractivity contribution in [3.63, 3.8) is 0 Å². The number of hydrogen-bond donors (Lipinski definition) is 1. The highest BCUT2D eigenvalue weighted by Crippen LogP contribution is 2.48. The first kappa shape index (κ1) is 28.0. The Kier molecular flexibility index (Phi) is 7.82. The normalized spacial score (nSPS) is 25.1. The van der Waals surface area contributed by atoms with E-state index in [4.69, 9.17) is 0 Å². The molecule has 1 amide bonds. The van der Waals surface area contributed by atoms with Gasteiger partial charge in [-0.2, -0.15) is 0 Å². The first-order valence-corrected chi connectivity index (χ1v) is 14.9. The van der Waals surface area contributed by atoms with E-state index in [1.165, 1.54) is 0 Å². The molecule has 0 bridgehead atoms. The summed E-state index contributed by atoms with van der Waals surface area (Å²) in [6.07, 6.45) is 13.1. The molecule has 2 aliphatic carbocycles. The predicted molar refractivity (Wildman–Crippen MR) is 152 cm³/mol. The summed E-state index contributed by atoms with van der Waals surface area (Å²) in [5.41, 5.74) is -0.835. The molecule has 0 spiro atoms. The SMILES string of the molecule is CC1CCC(C(=O)N(c2cc(C#CC(C)(C)C)sc2C(=O)O)C2(n3ccnn3)CCCC(n3ccnn3)C2)CC1. The molecule has 0 aliphatic heterocycles. The molecule has 40 heavy (non-hydrogen) atoms. The summed E-state index contributed by atoms with van der Waals surface area (Å²) < 4.78 is 3.59. The van der Waals surface area contributed by atoms with Gasteiger partial charge in [0.05, 0.1) is 29.0 Å². The second-order valence-electron chi connectivity index (χ2n) is 12.2. The molecule has 11 heteroatoms. The Bertz CT molecular complexity index is 1390. The molecule has 5 rings (SSSR count). The van der Waals surface area contributed by atoms with Crippen molar-refractivity contribution in [2.45, 2.75) is 90.8 Å². The Morgan fingerprint density at radius 2 is 1.82 bits per heavy atom. The molecule has 0 radical (unpaired) electrons. The van der Waals surface area contributed by atoms with Crippen LogP contribution in [0.4, 0.5) is 5.69 Å². The summed E-state index contributed by atoms with van der Waals surface area (Å²) in [7, 11) is 0. The molecule has 2 saturated carbocycles. The quantitative estimate of drug-likeness (QED) is 0.401. The lowest BCUT2D eigenvalue weighted by atomic mass is 9.79. The lowest BCUT2D eigenvalue weighted by Gasteiger charge is -2.49. The fourth-order valence-electron chi connectivity index (χ4n) is 6.03. The smallest absolute Gasteiger partial charge is 0.348 e. The van der Waals surface area contributed by atoms with Crippen molar-refractivity contribution in [2.75, 3.05) is 4.90 Å². The summed E-state index contributed by atoms with van der Waals surface area (Å²) in [6.45, 7) is 8.26. The van der Waals surface area contributed by atoms with Crippen molar-refractivity contribution < 1.29 is 14.7 Å². The van der Waals surface area contributed by atoms with Crippen LogP contribution < -0.4 is 4.90 Å². The standard InChI is InChI=1S/C29H37N7O3S/c1-20-7-9-21(10-8-20)26(37)36(24-18-23(11-13-28(2,3)4)40-25(24)27(38)39)29(35-17-15-31-33-35)12-5-6-22(19-29)34-16-14-30-32-34/h14-18,20-22H,5-10,12,19H2,1-4H3,(H,38,39). The van der Waals surface area contributed by atoms with Gasteiger partial charge >= 0.3 is 5.97 Å². The molecule has 10 nitrogen and oxygen atoms in total. The van der Waals surface area contributed by atoms with Crippen LogP contribution in [0.15, 0.2) is 30.9 Å². The number of aromatic nitrogens is 6. The van der Waals surface area contributed by atoms with Crippen molar-refractivity contribution >= 4 is 28.9 Å². The van der Waals surface area contributed by atoms with Gasteiger partial charge in [0.2, 0.25) is 5.91 Å². The highest BCUT2D eigenvalue weighted by molar-refractivity contribution is 7.15. The lowest BCUT2D eigenvalue weighted by molar-refractivity contribution is -0.126. The molecule has 0 saturated heterocycles. The zero-order chi connectivity index (χ0) is 28.5. The number of aromatic carboxylic acids is 1. The van der Waals surface area contributed by atoms with E-state index in [0.29, 0.717) is 29.3 Å². The maximum absolute atomic E-state index is 14.7. The molecule has 1 N–H and O–H groups in total. The number of nitrogens with zero attached hydrogens (tertiary/aromatic N) is 7. The number of thiophene rings is 1. The molecule has 0 aromatic carbocycles. The number of rotatable bonds is 6. The molecule has 3 aromatic heterocycles. The monoisotopic (exact) mass is 563 g/mol. The van der Waals surface area contributed by atoms with Crippen LogP contribution in [0.5, 0.6) is 0 Å². The van der Waals surface area contributed by atoms with Crippen LogP contribution in [0.25, 0.3) is 0 Å². The van der Waals surface area contributed by atoms with Gasteiger partial charge in [0.25, 0.3) is 0 Å². The maximum atomic E-state index is 14.7. The van der Waals surface area contributed by atoms with E-state index in [0.717, 1.165) is 49.9 Å². The van der Waals surface area contributed by atoms with Crippen molar-refractivity contribution in [3.05, 3.63) is 40.6 Å². The minimum Gasteiger partial charge on any atom is -0.477 e. The van der Waals surface area contributed by atoms with Gasteiger partial charge in [-0.3, -0.25) is 9.69 Å². The predicted octanol–water partition coefficient (Wildman–Crippen LogP) is 5.35. The molecule has 2 atom stereocenters. The molecule has 2 fully saturated rings. The third-order valence-electron chi connectivity index (χ3n) is 8.05. The van der Waals surface area contributed by atoms with Crippen molar-refractivity contribution in [1.82, 2.24) is 30.0 Å². The first-order valence-electron chi connectivity index (χ1n) is 14.0. The average molecular weight is 564 g/mol. The highest BCUT2D eigenvalue weighted by Gasteiger charge is 2.50. The molecular weight excluding hydrogens is 526 g/mol. The topological polar surface area (TPSA) is 119 Å². The van der Waals surface area contributed by atoms with E-state index >= 15 is 0 Å². The van der Waals surface area contributed by atoms with Crippen LogP contribution in [0.2, 0.25) is 0 Å². The van der Waals surface area contributed by atoms with Gasteiger partial charge in [-0.05, 0) is 77.7 Å². The van der Waals surface area contributed by atoms with Crippen LogP contribution in [-0.2, 0) is 10.5 Å². The molecule has 2 unspecified atom stereocenters. The number of carbonyl (C=O) groups excluding carboxylic acids is 1. The van der Waals surface area contributed by atoms with Gasteiger partial charge in [-0.15, -0.1) is 21.5 Å². The summed E-state index contributed by atoms with van der Waals surface area (Å²) in [5.74, 6) is 5.63. The van der Waals surface area contributed by atoms with Gasteiger partial charge in [0.15, 0.2) is 0 Å². The lowest BCUT2D eigenvalue weighted by Crippen LogP contribution is -2.58. The third kappa shape index (κ3) is 5.68. The fraction of sp³-hybridized carbons (Fsp3) is 0.586. The summed E-state index contributed by atoms with van der Waals surface area (Å²) in [6, 6.07) is 1.74. The van der Waals surface area contributed by atoms with Gasteiger partial charge in [0, 0.05) is 30.1 Å². The van der Waals surface area contributed by atoms with Crippen molar-refractivity contribution in [1.29, 1.82) is 0 Å². The fourth-order valence-corrected chi connectivity index (χ4v) is 6.87. The Morgan fingerprint density at radius 1 is 1.10 bits per heavy atom. The molecule has 2 aliphatic rings. The maximum Gasteiger partial charge on any atom is 0.348 e. The number of carboxylic acids is 1. The number of carbonyl (C=O) groups is 2. The van der Waals surface area contributed by atoms with Crippen LogP contribution in [-0.4, -0.2) is 47.0 Å². The zero-order valence-electron chi connectivity index (χ0n) is 23.6. The zero-order valence-corrected chi connectivity index (χ0v) is 24.4. The second kappa shape index (κ2) is 11.2. The second-order valence-corrected chi connectivity index (χ2v) is 13.3. The highest BCUT2D eigenvalue weighted by atomic mass is 32.1. The minimum atomic E-state index is -1.07. The summed E-state index contributed by atoms with van der Waals surface area (Å²) in [4.78, 5) is 29.9. The molecule has 3 heterocycles. The number of hydrogen-bond acceptors (Lipinski definition) is 7. The Labute approximate surface area is 238 Å². The Hall–Kier alpha value is -3.52. The van der Waals surface area contributed by atoms with E-state index in [2.05, 4.69) is 39.4 Å². The minimum absolute atomic E-state index is 0.0470. The van der Waals surface area contributed by atoms with Gasteiger partial charge < -0.3 is 5.11 Å². The third-order valence-corrected chi connectivity index (χ3v) is 9.08. The van der Waals surface area contributed by atoms with Crippen LogP contribution >= 0.6 is 11.3 Å². The van der Waals surface area contributed by atoms with Gasteiger partial charge in [0.1, 0.15) is 10.5 Å². The van der Waals surface area contributed by atoms with E-state index in [1.807, 2.05) is 31.6 Å². The number of amides is 1. The Balaban J connectivity index is 1.69. The summed E-state index contributed by atoms with van der Waals surface area (Å²) in [5, 5.41) is 27.2. The van der Waals surface area contributed by atoms with E-state index in [-0.39, 0.29) is 28.2 Å². The molecular formula is C29H37N7O3S. The summed E-state index contributed by atoms with van der Waals surface area (Å²) >= 11 is 1.12. The molecule has 3 aromatic rings.